The summed E-state index contributed by atoms with van der Waals surface area (Å²) in [5.41, 5.74) is 2.68. The number of benzene rings is 3. The summed E-state index contributed by atoms with van der Waals surface area (Å²) < 4.78 is 32.8. The number of alkyl halides is 2. The summed E-state index contributed by atoms with van der Waals surface area (Å²) >= 11 is 0.412. The van der Waals surface area contributed by atoms with Crippen molar-refractivity contribution in [2.45, 2.75) is 10.7 Å². The second-order valence-electron chi connectivity index (χ2n) is 7.89. The second-order valence-corrected chi connectivity index (χ2v) is 8.95. The average Bonchev–Trinajstić information content (AvgIpc) is 3.53. The molecule has 182 valence electrons. The van der Waals surface area contributed by atoms with E-state index in [0.29, 0.717) is 44.9 Å². The number of para-hydroxylation sites is 2. The van der Waals surface area contributed by atoms with E-state index in [1.54, 1.807) is 10.9 Å². The molecule has 0 atom stereocenters. The van der Waals surface area contributed by atoms with Crippen molar-refractivity contribution in [3.8, 4) is 23.2 Å². The first kappa shape index (κ1) is 24.0. The fourth-order valence-corrected chi connectivity index (χ4v) is 4.22. The number of aromatic nitrogens is 2. The Morgan fingerprint density at radius 2 is 1.78 bits per heavy atom. The molecule has 37 heavy (non-hydrogen) atoms. The predicted molar refractivity (Wildman–Crippen MR) is 139 cm³/mol. The van der Waals surface area contributed by atoms with E-state index in [0.717, 1.165) is 11.1 Å². The lowest BCUT2D eigenvalue weighted by Gasteiger charge is -2.06. The van der Waals surface area contributed by atoms with E-state index in [2.05, 4.69) is 10.4 Å². The summed E-state index contributed by atoms with van der Waals surface area (Å²) in [5, 5.41) is 18.0. The van der Waals surface area contributed by atoms with E-state index in [4.69, 9.17) is 4.42 Å². The molecule has 0 spiro atoms. The van der Waals surface area contributed by atoms with Gasteiger partial charge in [-0.05, 0) is 54.6 Å². The zero-order chi connectivity index (χ0) is 25.8. The molecule has 0 bridgehead atoms. The van der Waals surface area contributed by atoms with Crippen molar-refractivity contribution < 1.29 is 18.0 Å². The van der Waals surface area contributed by atoms with Gasteiger partial charge in [0.25, 0.3) is 11.7 Å². The van der Waals surface area contributed by atoms with Gasteiger partial charge in [0.2, 0.25) is 0 Å². The summed E-state index contributed by atoms with van der Waals surface area (Å²) in [6, 6.07) is 26.7. The van der Waals surface area contributed by atoms with Crippen LogP contribution in [0.1, 0.15) is 5.56 Å². The zero-order valence-electron chi connectivity index (χ0n) is 19.1. The molecule has 5 rings (SSSR count). The van der Waals surface area contributed by atoms with E-state index in [-0.39, 0.29) is 5.57 Å². The summed E-state index contributed by atoms with van der Waals surface area (Å²) in [6.07, 6.45) is 3.17. The maximum atomic E-state index is 12.9. The molecule has 2 heterocycles. The minimum Gasteiger partial charge on any atom is -0.454 e. The van der Waals surface area contributed by atoms with Crippen molar-refractivity contribution in [3.63, 3.8) is 0 Å². The molecule has 0 radical (unpaired) electrons. The predicted octanol–water partition coefficient (Wildman–Crippen LogP) is 7.15. The molecule has 0 fully saturated rings. The van der Waals surface area contributed by atoms with Gasteiger partial charge in [0.05, 0.1) is 5.69 Å². The number of nitrogens with zero attached hydrogens (tertiary/aromatic N) is 3. The molecule has 0 aliphatic carbocycles. The number of hydrogen-bond acceptors (Lipinski definition) is 5. The number of rotatable bonds is 7. The Morgan fingerprint density at radius 1 is 1.05 bits per heavy atom. The number of amides is 1. The van der Waals surface area contributed by atoms with Crippen LogP contribution in [-0.4, -0.2) is 21.4 Å². The molecule has 0 aliphatic rings. The molecule has 0 saturated heterocycles. The first-order valence-electron chi connectivity index (χ1n) is 11.1. The van der Waals surface area contributed by atoms with E-state index in [9.17, 15) is 18.8 Å². The molecule has 0 unspecified atom stereocenters. The summed E-state index contributed by atoms with van der Waals surface area (Å²) in [5.74, 6) is -2.68. The highest BCUT2D eigenvalue weighted by atomic mass is 32.2. The van der Waals surface area contributed by atoms with Crippen LogP contribution < -0.4 is 5.32 Å². The number of halogens is 2. The monoisotopic (exact) mass is 512 g/mol. The highest BCUT2D eigenvalue weighted by Crippen LogP contribution is 2.31. The number of furan rings is 1. The van der Waals surface area contributed by atoms with Crippen molar-refractivity contribution >= 4 is 40.4 Å². The van der Waals surface area contributed by atoms with Crippen molar-refractivity contribution in [1.82, 2.24) is 9.78 Å². The van der Waals surface area contributed by atoms with Gasteiger partial charge in [-0.15, -0.1) is 0 Å². The van der Waals surface area contributed by atoms with Crippen LogP contribution in [0.3, 0.4) is 0 Å². The smallest absolute Gasteiger partial charge is 0.288 e. The molecule has 9 heteroatoms. The lowest BCUT2D eigenvalue weighted by atomic mass is 10.1. The van der Waals surface area contributed by atoms with Crippen LogP contribution in [0.15, 0.2) is 106 Å². The Balaban J connectivity index is 1.50. The van der Waals surface area contributed by atoms with Gasteiger partial charge in [0.15, 0.2) is 5.76 Å². The van der Waals surface area contributed by atoms with Crippen LogP contribution in [0, 0.1) is 11.3 Å². The molecular formula is C28H18F2N4O2S. The first-order valence-corrected chi connectivity index (χ1v) is 12.0. The number of carbonyl (C=O) groups excluding carboxylic acids is 1. The second kappa shape index (κ2) is 10.5. The minimum absolute atomic E-state index is 0.156. The molecule has 2 aromatic heterocycles. The molecule has 3 aromatic carbocycles. The molecular weight excluding hydrogens is 494 g/mol. The highest BCUT2D eigenvalue weighted by Gasteiger charge is 2.18. The van der Waals surface area contributed by atoms with Crippen LogP contribution in [0.5, 0.6) is 0 Å². The van der Waals surface area contributed by atoms with Crippen LogP contribution >= 0.6 is 11.8 Å². The maximum absolute atomic E-state index is 12.9. The number of hydrogen-bond donors (Lipinski definition) is 1. The Morgan fingerprint density at radius 3 is 2.49 bits per heavy atom. The summed E-state index contributed by atoms with van der Waals surface area (Å²) in [4.78, 5) is 13.3. The third-order valence-corrected chi connectivity index (χ3v) is 6.15. The maximum Gasteiger partial charge on any atom is 0.288 e. The number of nitrogens with one attached hydrogen (secondary N) is 1. The van der Waals surface area contributed by atoms with Crippen LogP contribution in [0.25, 0.3) is 34.2 Å². The summed E-state index contributed by atoms with van der Waals surface area (Å²) in [6.45, 7) is 0. The molecule has 0 saturated carbocycles. The van der Waals surface area contributed by atoms with Crippen LogP contribution in [0.4, 0.5) is 14.5 Å². The average molecular weight is 513 g/mol. The number of nitriles is 1. The van der Waals surface area contributed by atoms with Gasteiger partial charge in [-0.2, -0.15) is 19.1 Å². The molecule has 1 N–H and O–H groups in total. The van der Waals surface area contributed by atoms with E-state index < -0.39 is 11.7 Å². The van der Waals surface area contributed by atoms with Gasteiger partial charge in [-0.25, -0.2) is 4.68 Å². The topological polar surface area (TPSA) is 83.8 Å². The Bertz CT molecular complexity index is 1600. The van der Waals surface area contributed by atoms with E-state index in [1.807, 2.05) is 66.7 Å². The van der Waals surface area contributed by atoms with E-state index >= 15 is 0 Å². The summed E-state index contributed by atoms with van der Waals surface area (Å²) in [7, 11) is 0. The normalized spacial score (nSPS) is 11.6. The van der Waals surface area contributed by atoms with Gasteiger partial charge in [-0.3, -0.25) is 4.79 Å². The molecule has 6 nitrogen and oxygen atoms in total. The van der Waals surface area contributed by atoms with Gasteiger partial charge >= 0.3 is 0 Å². The number of anilines is 1. The molecule has 0 aliphatic heterocycles. The van der Waals surface area contributed by atoms with Crippen LogP contribution in [-0.2, 0) is 4.79 Å². The largest absolute Gasteiger partial charge is 0.454 e. The fourth-order valence-electron chi connectivity index (χ4n) is 3.72. The molecule has 5 aromatic rings. The van der Waals surface area contributed by atoms with Gasteiger partial charge < -0.3 is 9.73 Å². The SMILES string of the molecule is N#CC(=Cc1cn(-c2ccccc2)nc1-c1cc2ccccc2o1)C(=O)Nc1ccc(SC(F)F)cc1. The molecule has 1 amide bonds. The van der Waals surface area contributed by atoms with Gasteiger partial charge in [0, 0.05) is 27.7 Å². The Kier molecular flexibility index (Phi) is 6.83. The lowest BCUT2D eigenvalue weighted by Crippen LogP contribution is -2.13. The zero-order valence-corrected chi connectivity index (χ0v) is 20.0. The number of carbonyl (C=O) groups is 1. The third-order valence-electron chi connectivity index (χ3n) is 5.42. The van der Waals surface area contributed by atoms with E-state index in [1.165, 1.54) is 30.3 Å². The van der Waals surface area contributed by atoms with Crippen molar-refractivity contribution in [2.75, 3.05) is 5.32 Å². The minimum atomic E-state index is -2.54. The Labute approximate surface area is 214 Å². The van der Waals surface area contributed by atoms with Crippen LogP contribution in [0.2, 0.25) is 0 Å². The first-order chi connectivity index (χ1) is 18.0. The Hall–Kier alpha value is -4.68. The van der Waals surface area contributed by atoms with Crippen molar-refractivity contribution in [3.05, 3.63) is 102 Å². The fraction of sp³-hybridized carbons (Fsp3) is 0.0357. The van der Waals surface area contributed by atoms with Gasteiger partial charge in [-0.1, -0.05) is 48.2 Å². The number of thioether (sulfide) groups is 1. The van der Waals surface area contributed by atoms with Crippen molar-refractivity contribution in [1.29, 1.82) is 5.26 Å². The lowest BCUT2D eigenvalue weighted by molar-refractivity contribution is -0.112. The van der Waals surface area contributed by atoms with Gasteiger partial charge in [0.1, 0.15) is 22.9 Å². The number of fused-ring (bicyclic) bond motifs is 1. The quantitative estimate of drug-likeness (QED) is 0.142. The highest BCUT2D eigenvalue weighted by molar-refractivity contribution is 7.99. The standard InChI is InChI=1S/C28H18F2N4O2S/c29-28(30)37-23-12-10-21(11-13-23)32-27(35)19(16-31)14-20-17-34(22-7-2-1-3-8-22)33-26(20)25-15-18-6-4-5-9-24(18)36-25/h1-15,17,28H,(H,32,35). The third kappa shape index (κ3) is 5.44. The van der Waals surface area contributed by atoms with Crippen molar-refractivity contribution in [2.24, 2.45) is 0 Å².